The number of rotatable bonds is 8. The third-order valence-electron chi connectivity index (χ3n) is 1.66. The molecule has 0 aliphatic rings. The molecule has 0 atom stereocenters. The number of esters is 1. The zero-order valence-electron chi connectivity index (χ0n) is 11.2. The molecule has 0 aromatic heterocycles. The molecule has 0 aliphatic heterocycles. The van der Waals surface area contributed by atoms with Crippen LogP contribution in [0, 0.1) is 10.6 Å². The van der Waals surface area contributed by atoms with Gasteiger partial charge in [0.15, 0.2) is 0 Å². The Kier molecular flexibility index (Phi) is 8.36. The number of carboxylic acid groups (broad SMARTS) is 1. The van der Waals surface area contributed by atoms with Crippen molar-refractivity contribution in [1.29, 1.82) is 0 Å². The van der Waals surface area contributed by atoms with Crippen LogP contribution >= 0.6 is 0 Å². The van der Waals surface area contributed by atoms with E-state index >= 15 is 0 Å². The summed E-state index contributed by atoms with van der Waals surface area (Å²) in [6.45, 7) is 4.40. The fourth-order valence-corrected chi connectivity index (χ4v) is 1.65. The molecule has 0 aromatic rings. The molecule has 0 rings (SSSR count). The van der Waals surface area contributed by atoms with Gasteiger partial charge in [0.1, 0.15) is 0 Å². The number of carbonyl (C=O) groups is 2. The van der Waals surface area contributed by atoms with Crippen LogP contribution in [0.2, 0.25) is 0 Å². The minimum atomic E-state index is -1.29. The van der Waals surface area contributed by atoms with Gasteiger partial charge in [-0.3, -0.25) is 0 Å². The molecule has 9 nitrogen and oxygen atoms in total. The zero-order chi connectivity index (χ0) is 15.1. The number of likely N-dealkylation sites (N-methyl/N-ethyl adjacent to an activating group) is 1. The Labute approximate surface area is 122 Å². The van der Waals surface area contributed by atoms with Gasteiger partial charge in [0.25, 0.3) is 0 Å². The van der Waals surface area contributed by atoms with Crippen LogP contribution in [0.1, 0.15) is 20.8 Å². The Balaban J connectivity index is 3.70. The molecule has 0 fully saturated rings. The molecule has 114 valence electrons. The van der Waals surface area contributed by atoms with Gasteiger partial charge in [-0.2, -0.15) is 0 Å². The van der Waals surface area contributed by atoms with Gasteiger partial charge >= 0.3 is 122 Å². The molecule has 0 aromatic carbocycles. The predicted molar refractivity (Wildman–Crippen MR) is 60.1 cm³/mol. The second-order valence-corrected chi connectivity index (χ2v) is 6.29. The Morgan fingerprint density at radius 3 is 2.47 bits per heavy atom. The minimum absolute atomic E-state index is 0.313. The molecule has 0 amide bonds. The van der Waals surface area contributed by atoms with Crippen molar-refractivity contribution in [1.82, 2.24) is 12.1 Å². The molecule has 0 saturated heterocycles. The number of carbonyl (C=O) groups excluding carboxylic acids is 1. The van der Waals surface area contributed by atoms with E-state index in [4.69, 9.17) is 14.7 Å². The number of hydrazine groups is 1. The summed E-state index contributed by atoms with van der Waals surface area (Å²) in [6, 6.07) is 0. The van der Waals surface area contributed by atoms with Gasteiger partial charge in [0.05, 0.1) is 0 Å². The summed E-state index contributed by atoms with van der Waals surface area (Å²) in [5.74, 6) is -1.53. The molecule has 0 aliphatic carbocycles. The first kappa shape index (κ1) is 18.5. The van der Waals surface area contributed by atoms with E-state index in [1.807, 2.05) is 0 Å². The van der Waals surface area contributed by atoms with Crippen LogP contribution in [0.15, 0.2) is 0 Å². The van der Waals surface area contributed by atoms with Crippen molar-refractivity contribution in [2.24, 2.45) is 5.41 Å². The van der Waals surface area contributed by atoms with E-state index in [9.17, 15) is 14.8 Å². The molecule has 0 unspecified atom stereocenters. The molecule has 10 heteroatoms. The normalized spacial score (nSPS) is 12.2. The standard InChI is InChI=1S/C9H18IN3O6/c1-9(2,3)8(16)18-6-19-11-10-13(17)12(4)5-7(14)15/h11H,5-6H2,1-4H3,(H,14,15)/q-2. The maximum atomic E-state index is 11.3. The number of aliphatic carboxylic acids is 1. The van der Waals surface area contributed by atoms with Crippen molar-refractivity contribution < 1.29 is 46.0 Å². The van der Waals surface area contributed by atoms with E-state index < -0.39 is 45.7 Å². The molecule has 2 N–H and O–H groups in total. The number of nitrogens with zero attached hydrogens (tertiary/aromatic N) is 2. The van der Waals surface area contributed by atoms with Crippen LogP contribution in [0.25, 0.3) is 0 Å². The fourth-order valence-electron chi connectivity index (χ4n) is 0.692. The van der Waals surface area contributed by atoms with Gasteiger partial charge < -0.3 is 0 Å². The number of nitrogens with one attached hydrogen (secondary N) is 1. The van der Waals surface area contributed by atoms with Gasteiger partial charge in [-0.25, -0.2) is 0 Å². The second-order valence-electron chi connectivity index (χ2n) is 4.54. The third kappa shape index (κ3) is 9.07. The molecular weight excluding hydrogens is 373 g/mol. The first-order valence-electron chi connectivity index (χ1n) is 5.23. The van der Waals surface area contributed by atoms with Crippen molar-refractivity contribution in [3.63, 3.8) is 0 Å². The number of carboxylic acids is 1. The number of hydrogen-bond acceptors (Lipinski definition) is 8. The van der Waals surface area contributed by atoms with Crippen LogP contribution in [0.4, 0.5) is 0 Å². The third-order valence-corrected chi connectivity index (χ3v) is 3.31. The Morgan fingerprint density at radius 1 is 1.42 bits per heavy atom. The van der Waals surface area contributed by atoms with Gasteiger partial charge in [0.2, 0.25) is 0 Å². The van der Waals surface area contributed by atoms with Crippen molar-refractivity contribution in [3.05, 3.63) is 5.21 Å². The van der Waals surface area contributed by atoms with Gasteiger partial charge in [0, 0.05) is 0 Å². The Hall–Kier alpha value is -0.530. The van der Waals surface area contributed by atoms with Crippen LogP contribution in [-0.2, 0) is 19.2 Å². The monoisotopic (exact) mass is 391 g/mol. The van der Waals surface area contributed by atoms with Crippen molar-refractivity contribution in [2.75, 3.05) is 20.4 Å². The number of halogens is 1. The molecule has 0 bridgehead atoms. The van der Waals surface area contributed by atoms with Crippen LogP contribution in [0.5, 0.6) is 0 Å². The first-order valence-corrected chi connectivity index (χ1v) is 7.27. The van der Waals surface area contributed by atoms with E-state index in [0.29, 0.717) is 3.39 Å². The molecule has 0 heterocycles. The van der Waals surface area contributed by atoms with E-state index in [-0.39, 0.29) is 6.79 Å². The van der Waals surface area contributed by atoms with Crippen molar-refractivity contribution in [3.8, 4) is 0 Å². The summed E-state index contributed by atoms with van der Waals surface area (Å²) >= 11 is -1.29. The average molecular weight is 391 g/mol. The fraction of sp³-hybridized carbons (Fsp3) is 0.778. The maximum absolute atomic E-state index is 11.3. The molecule has 19 heavy (non-hydrogen) atoms. The van der Waals surface area contributed by atoms with Crippen LogP contribution in [-0.4, -0.2) is 45.8 Å². The van der Waals surface area contributed by atoms with Crippen LogP contribution in [0.3, 0.4) is 0 Å². The van der Waals surface area contributed by atoms with E-state index in [1.54, 1.807) is 20.8 Å². The second kappa shape index (κ2) is 8.60. The quantitative estimate of drug-likeness (QED) is 0.110. The summed E-state index contributed by atoms with van der Waals surface area (Å²) in [4.78, 5) is 26.4. The Morgan fingerprint density at radius 2 is 2.00 bits per heavy atom. The summed E-state index contributed by atoms with van der Waals surface area (Å²) in [5, 5.41) is 20.8. The van der Waals surface area contributed by atoms with E-state index in [2.05, 4.69) is 3.69 Å². The van der Waals surface area contributed by atoms with Crippen LogP contribution < -0.4 is 25.4 Å². The topological polar surface area (TPSA) is 114 Å². The zero-order valence-corrected chi connectivity index (χ0v) is 13.3. The Bertz CT molecular complexity index is 309. The summed E-state index contributed by atoms with van der Waals surface area (Å²) in [7, 11) is 1.35. The van der Waals surface area contributed by atoms with Gasteiger partial charge in [-0.15, -0.1) is 0 Å². The predicted octanol–water partition coefficient (Wildman–Crippen LogP) is -3.30. The number of hydrogen-bond donors (Lipinski definition) is 2. The SMILES string of the molecule is CN(CC(=O)O)N([O-])[I-]NOCOC(=O)C(C)(C)C. The summed E-state index contributed by atoms with van der Waals surface area (Å²) in [6.07, 6.45) is 0. The summed E-state index contributed by atoms with van der Waals surface area (Å²) in [5.41, 5.74) is -0.620. The number of ether oxygens (including phenoxy) is 1. The van der Waals surface area contributed by atoms with E-state index in [1.165, 1.54) is 7.05 Å². The van der Waals surface area contributed by atoms with Crippen molar-refractivity contribution in [2.45, 2.75) is 20.8 Å². The van der Waals surface area contributed by atoms with Gasteiger partial charge in [-0.05, 0) is 0 Å². The van der Waals surface area contributed by atoms with E-state index in [0.717, 1.165) is 5.01 Å². The average Bonchev–Trinajstić information content (AvgIpc) is 2.25. The molecular formula is C9H18IN3O6-2. The molecule has 0 radical (unpaired) electrons. The molecule has 0 saturated carbocycles. The van der Waals surface area contributed by atoms with Gasteiger partial charge in [-0.1, -0.05) is 0 Å². The first-order chi connectivity index (χ1) is 8.64. The van der Waals surface area contributed by atoms with Crippen molar-refractivity contribution >= 4 is 11.9 Å². The summed E-state index contributed by atoms with van der Waals surface area (Å²) < 4.78 is 7.61. The molecule has 0 spiro atoms.